The topological polar surface area (TPSA) is 81.6 Å². The second-order valence-electron chi connectivity index (χ2n) is 8.08. The molecule has 3 heterocycles. The zero-order valence-electron chi connectivity index (χ0n) is 17.2. The Kier molecular flexibility index (Phi) is 5.78. The van der Waals surface area contributed by atoms with Crippen LogP contribution in [0.15, 0.2) is 24.3 Å². The van der Waals surface area contributed by atoms with Crippen LogP contribution in [0.2, 0.25) is 0 Å². The first-order chi connectivity index (χ1) is 14.1. The van der Waals surface area contributed by atoms with E-state index in [9.17, 15) is 9.90 Å². The van der Waals surface area contributed by atoms with E-state index in [0.717, 1.165) is 61.9 Å². The molecule has 2 N–H and O–H groups in total. The van der Waals surface area contributed by atoms with Gasteiger partial charge >= 0.3 is 0 Å². The van der Waals surface area contributed by atoms with Crippen LogP contribution in [-0.2, 0) is 19.6 Å². The molecule has 1 aromatic heterocycles. The minimum atomic E-state index is -0.0870. The molecule has 0 aliphatic carbocycles. The van der Waals surface area contributed by atoms with Crippen molar-refractivity contribution < 1.29 is 9.90 Å². The number of nitrogens with one attached hydrogen (secondary N) is 1. The Morgan fingerprint density at radius 3 is 2.52 bits per heavy atom. The van der Waals surface area contributed by atoms with Crippen LogP contribution in [0.5, 0.6) is 0 Å². The molecule has 0 bridgehead atoms. The predicted octanol–water partition coefficient (Wildman–Crippen LogP) is 1.70. The molecule has 1 fully saturated rings. The Morgan fingerprint density at radius 2 is 1.83 bits per heavy atom. The maximum Gasteiger partial charge on any atom is 0.270 e. The molecular weight excluding hydrogens is 366 g/mol. The summed E-state index contributed by atoms with van der Waals surface area (Å²) in [6.45, 7) is 9.24. The quantitative estimate of drug-likeness (QED) is 0.802. The Hall–Kier alpha value is -2.51. The second-order valence-corrected chi connectivity index (χ2v) is 8.08. The van der Waals surface area contributed by atoms with E-state index in [1.165, 1.54) is 5.56 Å². The van der Waals surface area contributed by atoms with Gasteiger partial charge in [-0.3, -0.25) is 9.69 Å². The zero-order valence-corrected chi connectivity index (χ0v) is 17.2. The van der Waals surface area contributed by atoms with Gasteiger partial charge in [-0.1, -0.05) is 38.1 Å². The Balaban J connectivity index is 1.52. The van der Waals surface area contributed by atoms with E-state index in [1.807, 2.05) is 18.2 Å². The molecule has 4 rings (SSSR count). The van der Waals surface area contributed by atoms with Crippen LogP contribution in [0.3, 0.4) is 0 Å². The van der Waals surface area contributed by atoms with Crippen LogP contribution >= 0.6 is 0 Å². The molecule has 29 heavy (non-hydrogen) atoms. The SMILES string of the molecule is CC(C)c1nc2c(c(N3CCN(Cc4ccccc4CO)CC3)n1)CCNC2=O. The van der Waals surface area contributed by atoms with Crippen molar-refractivity contribution in [1.29, 1.82) is 0 Å². The number of carbonyl (C=O) groups excluding carboxylic acids is 1. The highest BCUT2D eigenvalue weighted by molar-refractivity contribution is 5.96. The van der Waals surface area contributed by atoms with E-state index >= 15 is 0 Å². The van der Waals surface area contributed by atoms with Crippen molar-refractivity contribution in [2.24, 2.45) is 0 Å². The van der Waals surface area contributed by atoms with Gasteiger partial charge in [0.25, 0.3) is 5.91 Å². The van der Waals surface area contributed by atoms with Crippen LogP contribution in [0, 0.1) is 0 Å². The highest BCUT2D eigenvalue weighted by Crippen LogP contribution is 2.27. The number of nitrogens with zero attached hydrogens (tertiary/aromatic N) is 4. The molecule has 154 valence electrons. The lowest BCUT2D eigenvalue weighted by Crippen LogP contribution is -2.47. The number of benzene rings is 1. The number of hydrogen-bond donors (Lipinski definition) is 2. The number of anilines is 1. The highest BCUT2D eigenvalue weighted by Gasteiger charge is 2.28. The molecule has 0 spiro atoms. The van der Waals surface area contributed by atoms with E-state index in [4.69, 9.17) is 4.98 Å². The fraction of sp³-hybridized carbons (Fsp3) is 0.500. The maximum atomic E-state index is 12.4. The molecule has 2 aromatic rings. The van der Waals surface area contributed by atoms with Gasteiger partial charge in [0, 0.05) is 50.7 Å². The van der Waals surface area contributed by atoms with E-state index in [-0.39, 0.29) is 18.4 Å². The number of aliphatic hydroxyl groups is 1. The molecule has 0 unspecified atom stereocenters. The molecule has 0 atom stereocenters. The lowest BCUT2D eigenvalue weighted by Gasteiger charge is -2.37. The van der Waals surface area contributed by atoms with Crippen molar-refractivity contribution in [3.05, 3.63) is 52.5 Å². The monoisotopic (exact) mass is 395 g/mol. The molecular formula is C22H29N5O2. The van der Waals surface area contributed by atoms with E-state index in [1.54, 1.807) is 0 Å². The third kappa shape index (κ3) is 4.11. The molecule has 0 radical (unpaired) electrons. The standard InChI is InChI=1S/C22H29N5O2/c1-15(2)20-24-19-18(7-8-23-22(19)29)21(25-20)27-11-9-26(10-12-27)13-16-5-3-4-6-17(16)14-28/h3-6,15,28H,7-14H2,1-2H3,(H,23,29). The smallest absolute Gasteiger partial charge is 0.270 e. The fourth-order valence-electron chi connectivity index (χ4n) is 4.04. The number of piperazine rings is 1. The summed E-state index contributed by atoms with van der Waals surface area (Å²) in [4.78, 5) is 26.5. The van der Waals surface area contributed by atoms with Gasteiger partial charge < -0.3 is 15.3 Å². The summed E-state index contributed by atoms with van der Waals surface area (Å²) >= 11 is 0. The lowest BCUT2D eigenvalue weighted by molar-refractivity contribution is 0.0940. The molecule has 2 aliphatic rings. The maximum absolute atomic E-state index is 12.4. The first-order valence-electron chi connectivity index (χ1n) is 10.4. The van der Waals surface area contributed by atoms with Gasteiger partial charge in [-0.2, -0.15) is 0 Å². The highest BCUT2D eigenvalue weighted by atomic mass is 16.3. The average molecular weight is 396 g/mol. The summed E-state index contributed by atoms with van der Waals surface area (Å²) in [5, 5.41) is 12.5. The minimum absolute atomic E-state index is 0.0727. The number of aromatic nitrogens is 2. The largest absolute Gasteiger partial charge is 0.392 e. The van der Waals surface area contributed by atoms with Crippen molar-refractivity contribution in [3.8, 4) is 0 Å². The van der Waals surface area contributed by atoms with Crippen LogP contribution in [-0.4, -0.2) is 58.6 Å². The summed E-state index contributed by atoms with van der Waals surface area (Å²) in [7, 11) is 0. The van der Waals surface area contributed by atoms with Gasteiger partial charge in [-0.05, 0) is 17.5 Å². The number of amides is 1. The van der Waals surface area contributed by atoms with Crippen molar-refractivity contribution in [1.82, 2.24) is 20.2 Å². The molecule has 7 nitrogen and oxygen atoms in total. The van der Waals surface area contributed by atoms with Crippen LogP contribution in [0.1, 0.15) is 52.8 Å². The Bertz CT molecular complexity index is 891. The first-order valence-corrected chi connectivity index (χ1v) is 10.4. The first kappa shape index (κ1) is 19.8. The van der Waals surface area contributed by atoms with E-state index in [2.05, 4.69) is 40.0 Å². The van der Waals surface area contributed by atoms with Crippen molar-refractivity contribution in [2.75, 3.05) is 37.6 Å². The van der Waals surface area contributed by atoms with E-state index in [0.29, 0.717) is 12.2 Å². The van der Waals surface area contributed by atoms with Gasteiger partial charge in [-0.25, -0.2) is 9.97 Å². The minimum Gasteiger partial charge on any atom is -0.392 e. The molecule has 2 aliphatic heterocycles. The van der Waals surface area contributed by atoms with Gasteiger partial charge in [0.1, 0.15) is 17.3 Å². The summed E-state index contributed by atoms with van der Waals surface area (Å²) in [5.41, 5.74) is 3.70. The van der Waals surface area contributed by atoms with E-state index < -0.39 is 0 Å². The summed E-state index contributed by atoms with van der Waals surface area (Å²) in [6, 6.07) is 8.06. The predicted molar refractivity (Wildman–Crippen MR) is 112 cm³/mol. The molecule has 1 saturated heterocycles. The van der Waals surface area contributed by atoms with Gasteiger partial charge in [0.05, 0.1) is 6.61 Å². The Labute approximate surface area is 171 Å². The van der Waals surface area contributed by atoms with Gasteiger partial charge in [-0.15, -0.1) is 0 Å². The van der Waals surface area contributed by atoms with Crippen molar-refractivity contribution >= 4 is 11.7 Å². The zero-order chi connectivity index (χ0) is 20.4. The summed E-state index contributed by atoms with van der Waals surface area (Å²) < 4.78 is 0. The number of hydrogen-bond acceptors (Lipinski definition) is 6. The molecule has 1 aromatic carbocycles. The molecule has 7 heteroatoms. The lowest BCUT2D eigenvalue weighted by atomic mass is 10.0. The molecule has 0 saturated carbocycles. The summed E-state index contributed by atoms with van der Waals surface area (Å²) in [6.07, 6.45) is 0.777. The van der Waals surface area contributed by atoms with Gasteiger partial charge in [0.15, 0.2) is 0 Å². The second kappa shape index (κ2) is 8.47. The fourth-order valence-corrected chi connectivity index (χ4v) is 4.04. The van der Waals surface area contributed by atoms with Crippen molar-refractivity contribution in [2.45, 2.75) is 39.3 Å². The number of aliphatic hydroxyl groups excluding tert-OH is 1. The van der Waals surface area contributed by atoms with Crippen molar-refractivity contribution in [3.63, 3.8) is 0 Å². The third-order valence-electron chi connectivity index (χ3n) is 5.75. The van der Waals surface area contributed by atoms with Crippen LogP contribution in [0.25, 0.3) is 0 Å². The van der Waals surface area contributed by atoms with Crippen LogP contribution < -0.4 is 10.2 Å². The molecule has 1 amide bonds. The van der Waals surface area contributed by atoms with Crippen LogP contribution in [0.4, 0.5) is 5.82 Å². The average Bonchev–Trinajstić information content (AvgIpc) is 2.74. The summed E-state index contributed by atoms with van der Waals surface area (Å²) in [5.74, 6) is 1.75. The number of rotatable bonds is 5. The third-order valence-corrected chi connectivity index (χ3v) is 5.75. The van der Waals surface area contributed by atoms with Gasteiger partial charge in [0.2, 0.25) is 0 Å². The normalized spacial score (nSPS) is 17.4. The number of fused-ring (bicyclic) bond motifs is 1. The Morgan fingerprint density at radius 1 is 1.10 bits per heavy atom. The number of carbonyl (C=O) groups is 1.